The van der Waals surface area contributed by atoms with Gasteiger partial charge in [-0.2, -0.15) is 17.5 Å². The Bertz CT molecular complexity index is 511. The van der Waals surface area contributed by atoms with E-state index >= 15 is 0 Å². The zero-order chi connectivity index (χ0) is 14.7. The smallest absolute Gasteiger partial charge is 0.392 e. The van der Waals surface area contributed by atoms with E-state index < -0.39 is 28.5 Å². The maximum absolute atomic E-state index is 12.1. The van der Waals surface area contributed by atoms with E-state index in [9.17, 15) is 21.6 Å². The molecule has 0 aliphatic heterocycles. The Morgan fingerprint density at radius 3 is 2.05 bits per heavy atom. The van der Waals surface area contributed by atoms with Gasteiger partial charge < -0.3 is 5.11 Å². The molecule has 4 nitrogen and oxygen atoms in total. The summed E-state index contributed by atoms with van der Waals surface area (Å²) in [6, 6.07) is 5.97. The van der Waals surface area contributed by atoms with Crippen LogP contribution in [0, 0.1) is 0 Å². The van der Waals surface area contributed by atoms with Crippen LogP contribution in [0.5, 0.6) is 0 Å². The van der Waals surface area contributed by atoms with Gasteiger partial charge in [-0.05, 0) is 11.1 Å². The molecule has 19 heavy (non-hydrogen) atoms. The second kappa shape index (κ2) is 5.89. The number of halogens is 3. The van der Waals surface area contributed by atoms with Crippen molar-refractivity contribution < 1.29 is 26.7 Å². The van der Waals surface area contributed by atoms with Crippen LogP contribution in [-0.4, -0.2) is 37.6 Å². The van der Waals surface area contributed by atoms with E-state index in [1.54, 1.807) is 0 Å². The number of rotatable bonds is 5. The van der Waals surface area contributed by atoms with Crippen LogP contribution in [0.25, 0.3) is 0 Å². The van der Waals surface area contributed by atoms with Gasteiger partial charge in [-0.1, -0.05) is 24.3 Å². The molecule has 0 fully saturated rings. The molecular weight excluding hydrogens is 283 g/mol. The highest BCUT2D eigenvalue weighted by atomic mass is 32.2. The summed E-state index contributed by atoms with van der Waals surface area (Å²) in [6.45, 7) is -1.69. The van der Waals surface area contributed by atoms with Crippen LogP contribution in [0.3, 0.4) is 0 Å². The molecule has 0 saturated carbocycles. The highest BCUT2D eigenvalue weighted by molar-refractivity contribution is 7.88. The number of aliphatic hydroxyl groups is 1. The Labute approximate surface area is 109 Å². The van der Waals surface area contributed by atoms with Crippen LogP contribution in [0.2, 0.25) is 0 Å². The summed E-state index contributed by atoms with van der Waals surface area (Å²) in [5, 5.41) is 8.83. The fourth-order valence-corrected chi connectivity index (χ4v) is 2.59. The lowest BCUT2D eigenvalue weighted by atomic mass is 10.2. The van der Waals surface area contributed by atoms with Crippen LogP contribution in [0.15, 0.2) is 24.3 Å². The Balaban J connectivity index is 2.78. The van der Waals surface area contributed by atoms with Crippen molar-refractivity contribution in [2.45, 2.75) is 18.5 Å². The lowest BCUT2D eigenvalue weighted by Crippen LogP contribution is -2.36. The van der Waals surface area contributed by atoms with E-state index in [0.29, 0.717) is 11.1 Å². The first-order valence-electron chi connectivity index (χ1n) is 5.33. The largest absolute Gasteiger partial charge is 0.402 e. The summed E-state index contributed by atoms with van der Waals surface area (Å²) in [7, 11) is -3.12. The summed E-state index contributed by atoms with van der Waals surface area (Å²) in [5.41, 5.74) is 0.969. The first kappa shape index (κ1) is 15.9. The Morgan fingerprint density at radius 1 is 1.16 bits per heavy atom. The van der Waals surface area contributed by atoms with Gasteiger partial charge in [0.25, 0.3) is 0 Å². The summed E-state index contributed by atoms with van der Waals surface area (Å²) in [4.78, 5) is 0. The van der Waals surface area contributed by atoms with Crippen molar-refractivity contribution >= 4 is 10.0 Å². The van der Waals surface area contributed by atoms with Crippen molar-refractivity contribution in [3.05, 3.63) is 35.4 Å². The quantitative estimate of drug-likeness (QED) is 0.896. The average molecular weight is 297 g/mol. The maximum Gasteiger partial charge on any atom is 0.402 e. The van der Waals surface area contributed by atoms with Gasteiger partial charge in [0.05, 0.1) is 12.4 Å². The van der Waals surface area contributed by atoms with Gasteiger partial charge in [0, 0.05) is 7.05 Å². The third-order valence-corrected chi connectivity index (χ3v) is 4.21. The molecule has 8 heteroatoms. The predicted octanol–water partition coefficient (Wildman–Crippen LogP) is 1.50. The monoisotopic (exact) mass is 297 g/mol. The minimum atomic E-state index is -4.57. The van der Waals surface area contributed by atoms with E-state index in [4.69, 9.17) is 5.11 Å². The van der Waals surface area contributed by atoms with Crippen LogP contribution in [-0.2, 0) is 22.4 Å². The van der Waals surface area contributed by atoms with Crippen LogP contribution < -0.4 is 0 Å². The van der Waals surface area contributed by atoms with E-state index in [1.165, 1.54) is 24.3 Å². The van der Waals surface area contributed by atoms with Crippen molar-refractivity contribution in [3.8, 4) is 0 Å². The molecule has 0 aliphatic rings. The summed E-state index contributed by atoms with van der Waals surface area (Å²) < 4.78 is 60.1. The molecule has 0 unspecified atom stereocenters. The molecule has 0 radical (unpaired) electrons. The molecule has 1 aromatic carbocycles. The topological polar surface area (TPSA) is 57.6 Å². The number of hydrogen-bond acceptors (Lipinski definition) is 3. The highest BCUT2D eigenvalue weighted by Crippen LogP contribution is 2.19. The van der Waals surface area contributed by atoms with Gasteiger partial charge in [0.15, 0.2) is 0 Å². The number of nitrogens with zero attached hydrogens (tertiary/aromatic N) is 1. The molecule has 0 atom stereocenters. The first-order valence-corrected chi connectivity index (χ1v) is 6.94. The second-order valence-corrected chi connectivity index (χ2v) is 6.18. The summed E-state index contributed by atoms with van der Waals surface area (Å²) >= 11 is 0. The van der Waals surface area contributed by atoms with Gasteiger partial charge in [0.1, 0.15) is 6.54 Å². The van der Waals surface area contributed by atoms with Crippen molar-refractivity contribution in [1.82, 2.24) is 4.31 Å². The number of benzene rings is 1. The highest BCUT2D eigenvalue weighted by Gasteiger charge is 2.34. The number of aliphatic hydroxyl groups excluding tert-OH is 1. The van der Waals surface area contributed by atoms with Gasteiger partial charge in [0.2, 0.25) is 10.0 Å². The second-order valence-electron chi connectivity index (χ2n) is 4.10. The molecule has 0 amide bonds. The van der Waals surface area contributed by atoms with E-state index in [1.807, 2.05) is 0 Å². The number of alkyl halides is 3. The van der Waals surface area contributed by atoms with Crippen molar-refractivity contribution in [3.63, 3.8) is 0 Å². The molecule has 0 aromatic heterocycles. The Hall–Kier alpha value is -1.12. The number of sulfonamides is 1. The lowest BCUT2D eigenvalue weighted by Gasteiger charge is -2.18. The fourth-order valence-electron chi connectivity index (χ4n) is 1.41. The molecular formula is C11H14F3NO3S. The maximum atomic E-state index is 12.1. The van der Waals surface area contributed by atoms with Gasteiger partial charge >= 0.3 is 6.18 Å². The van der Waals surface area contributed by atoms with Crippen molar-refractivity contribution in [2.75, 3.05) is 13.6 Å². The van der Waals surface area contributed by atoms with Crippen LogP contribution in [0.4, 0.5) is 13.2 Å². The molecule has 1 N–H and O–H groups in total. The molecule has 108 valence electrons. The SMILES string of the molecule is CN(CC(F)(F)F)S(=O)(=O)Cc1ccc(CO)cc1. The van der Waals surface area contributed by atoms with Crippen LogP contribution in [0.1, 0.15) is 11.1 Å². The van der Waals surface area contributed by atoms with E-state index in [-0.39, 0.29) is 10.9 Å². The van der Waals surface area contributed by atoms with Gasteiger partial charge in [-0.25, -0.2) is 8.42 Å². The average Bonchev–Trinajstić information content (AvgIpc) is 2.27. The third-order valence-electron chi connectivity index (χ3n) is 2.43. The summed E-state index contributed by atoms with van der Waals surface area (Å²) in [5.74, 6) is -0.509. The first-order chi connectivity index (χ1) is 8.64. The van der Waals surface area contributed by atoms with Crippen LogP contribution >= 0.6 is 0 Å². The fraction of sp³-hybridized carbons (Fsp3) is 0.455. The predicted molar refractivity (Wildman–Crippen MR) is 63.7 cm³/mol. The standard InChI is InChI=1S/C11H14F3NO3S/c1-15(8-11(12,13)14)19(17,18)7-10-4-2-9(6-16)3-5-10/h2-5,16H,6-8H2,1H3. The third kappa shape index (κ3) is 5.17. The molecule has 0 aliphatic carbocycles. The normalized spacial score (nSPS) is 12.9. The Kier molecular flexibility index (Phi) is 4.94. The molecule has 0 heterocycles. The zero-order valence-corrected chi connectivity index (χ0v) is 11.0. The van der Waals surface area contributed by atoms with Gasteiger partial charge in [-0.15, -0.1) is 0 Å². The summed E-state index contributed by atoms with van der Waals surface area (Å²) in [6.07, 6.45) is -4.57. The molecule has 1 rings (SSSR count). The molecule has 0 spiro atoms. The van der Waals surface area contributed by atoms with E-state index in [2.05, 4.69) is 0 Å². The molecule has 1 aromatic rings. The zero-order valence-electron chi connectivity index (χ0n) is 10.2. The minimum absolute atomic E-state index is 0.180. The minimum Gasteiger partial charge on any atom is -0.392 e. The number of hydrogen-bond donors (Lipinski definition) is 1. The van der Waals surface area contributed by atoms with Crippen molar-refractivity contribution in [1.29, 1.82) is 0 Å². The Morgan fingerprint density at radius 2 is 1.63 bits per heavy atom. The lowest BCUT2D eigenvalue weighted by molar-refractivity contribution is -0.134. The van der Waals surface area contributed by atoms with Gasteiger partial charge in [-0.3, -0.25) is 0 Å². The van der Waals surface area contributed by atoms with Crippen molar-refractivity contribution in [2.24, 2.45) is 0 Å². The molecule has 0 bridgehead atoms. The van der Waals surface area contributed by atoms with E-state index in [0.717, 1.165) is 7.05 Å². The molecule has 0 saturated heterocycles.